The number of nitrogens with one attached hydrogen (secondary N) is 1. The van der Waals surface area contributed by atoms with Crippen LogP contribution in [0.4, 0.5) is 17.1 Å². The highest BCUT2D eigenvalue weighted by Crippen LogP contribution is 2.22. The topological polar surface area (TPSA) is 69.7 Å². The average molecular weight is 390 g/mol. The second kappa shape index (κ2) is 8.90. The molecule has 0 fully saturated rings. The Morgan fingerprint density at radius 2 is 1.52 bits per heavy atom. The molecular formula is C20H27N3O3S. The van der Waals surface area contributed by atoms with E-state index in [1.165, 1.54) is 9.87 Å². The summed E-state index contributed by atoms with van der Waals surface area (Å²) in [6.07, 6.45) is 2.15. The molecule has 0 heterocycles. The summed E-state index contributed by atoms with van der Waals surface area (Å²) < 4.78 is 25.6. The van der Waals surface area contributed by atoms with E-state index in [1.54, 1.807) is 12.1 Å². The molecule has 7 heteroatoms. The monoisotopic (exact) mass is 389 g/mol. The normalized spacial score (nSPS) is 11.1. The van der Waals surface area contributed by atoms with Gasteiger partial charge >= 0.3 is 0 Å². The van der Waals surface area contributed by atoms with Gasteiger partial charge < -0.3 is 10.2 Å². The maximum Gasteiger partial charge on any atom is 0.232 e. The van der Waals surface area contributed by atoms with Crippen LogP contribution in [-0.2, 0) is 21.2 Å². The molecule has 27 heavy (non-hydrogen) atoms. The highest BCUT2D eigenvalue weighted by atomic mass is 32.2. The summed E-state index contributed by atoms with van der Waals surface area (Å²) >= 11 is 0. The van der Waals surface area contributed by atoms with Gasteiger partial charge in [-0.2, -0.15) is 0 Å². The van der Waals surface area contributed by atoms with Crippen molar-refractivity contribution in [1.29, 1.82) is 0 Å². The Hall–Kier alpha value is -2.54. The minimum Gasteiger partial charge on any atom is -0.378 e. The second-order valence-electron chi connectivity index (χ2n) is 6.59. The lowest BCUT2D eigenvalue weighted by Crippen LogP contribution is -2.33. The van der Waals surface area contributed by atoms with E-state index in [1.807, 2.05) is 55.4 Å². The van der Waals surface area contributed by atoms with Gasteiger partial charge in [0.1, 0.15) is 0 Å². The summed E-state index contributed by atoms with van der Waals surface area (Å²) in [5.74, 6) is -0.224. The van der Waals surface area contributed by atoms with Crippen molar-refractivity contribution >= 4 is 33.0 Å². The van der Waals surface area contributed by atoms with Crippen LogP contribution in [0.2, 0.25) is 0 Å². The summed E-state index contributed by atoms with van der Waals surface area (Å²) in [7, 11) is 0.346. The number of carbonyl (C=O) groups is 1. The van der Waals surface area contributed by atoms with Crippen LogP contribution in [0.1, 0.15) is 18.9 Å². The zero-order valence-electron chi connectivity index (χ0n) is 16.3. The molecule has 2 aromatic carbocycles. The second-order valence-corrected chi connectivity index (χ2v) is 8.50. The zero-order chi connectivity index (χ0) is 20.0. The first-order chi connectivity index (χ1) is 12.7. The maximum absolute atomic E-state index is 12.2. The zero-order valence-corrected chi connectivity index (χ0v) is 17.1. The molecule has 2 rings (SSSR count). The van der Waals surface area contributed by atoms with Crippen LogP contribution in [0.3, 0.4) is 0 Å². The van der Waals surface area contributed by atoms with Crippen molar-refractivity contribution in [3.63, 3.8) is 0 Å². The number of nitrogens with zero attached hydrogens (tertiary/aromatic N) is 2. The number of aryl methyl sites for hydroxylation is 1. The Morgan fingerprint density at radius 3 is 2.00 bits per heavy atom. The van der Waals surface area contributed by atoms with E-state index in [9.17, 15) is 13.2 Å². The van der Waals surface area contributed by atoms with Gasteiger partial charge in [0.2, 0.25) is 15.9 Å². The lowest BCUT2D eigenvalue weighted by molar-refractivity contribution is -0.116. The molecule has 0 unspecified atom stereocenters. The Morgan fingerprint density at radius 1 is 0.963 bits per heavy atom. The number of anilines is 3. The van der Waals surface area contributed by atoms with E-state index in [2.05, 4.69) is 12.2 Å². The van der Waals surface area contributed by atoms with Crippen LogP contribution in [0.5, 0.6) is 0 Å². The maximum atomic E-state index is 12.2. The molecule has 1 amide bonds. The molecule has 0 saturated carbocycles. The van der Waals surface area contributed by atoms with Gasteiger partial charge in [-0.1, -0.05) is 19.1 Å². The standard InChI is InChI=1S/C20H27N3O3S/c1-5-16-6-8-17(9-7-16)21-20(24)14-15-23(27(4,25)26)19-12-10-18(11-13-19)22(2)3/h6-13H,5,14-15H2,1-4H3,(H,21,24). The van der Waals surface area contributed by atoms with Gasteiger partial charge in [-0.25, -0.2) is 8.42 Å². The molecule has 0 aromatic heterocycles. The molecule has 0 aliphatic carbocycles. The van der Waals surface area contributed by atoms with E-state index in [0.29, 0.717) is 11.4 Å². The number of carbonyl (C=O) groups excluding carboxylic acids is 1. The third-order valence-corrected chi connectivity index (χ3v) is 5.44. The van der Waals surface area contributed by atoms with E-state index < -0.39 is 10.0 Å². The van der Waals surface area contributed by atoms with Crippen molar-refractivity contribution in [2.45, 2.75) is 19.8 Å². The lowest BCUT2D eigenvalue weighted by atomic mass is 10.1. The Bertz CT molecular complexity index is 860. The van der Waals surface area contributed by atoms with Crippen molar-refractivity contribution in [2.75, 3.05) is 41.4 Å². The molecule has 1 N–H and O–H groups in total. The molecule has 0 aliphatic rings. The number of sulfonamides is 1. The molecule has 0 spiro atoms. The number of hydrogen-bond acceptors (Lipinski definition) is 4. The van der Waals surface area contributed by atoms with Crippen molar-refractivity contribution in [1.82, 2.24) is 0 Å². The van der Waals surface area contributed by atoms with Gasteiger partial charge in [-0.15, -0.1) is 0 Å². The van der Waals surface area contributed by atoms with Gasteiger partial charge in [0.05, 0.1) is 11.9 Å². The fourth-order valence-electron chi connectivity index (χ4n) is 2.65. The molecule has 146 valence electrons. The van der Waals surface area contributed by atoms with Gasteiger partial charge in [-0.3, -0.25) is 9.10 Å². The summed E-state index contributed by atoms with van der Waals surface area (Å²) in [6, 6.07) is 14.8. The van der Waals surface area contributed by atoms with Gasteiger partial charge in [0.15, 0.2) is 0 Å². The highest BCUT2D eigenvalue weighted by Gasteiger charge is 2.18. The quantitative estimate of drug-likeness (QED) is 0.753. The number of amides is 1. The van der Waals surface area contributed by atoms with Crippen molar-refractivity contribution in [3.05, 3.63) is 54.1 Å². The van der Waals surface area contributed by atoms with Crippen LogP contribution in [0.25, 0.3) is 0 Å². The minimum atomic E-state index is -3.49. The van der Waals surface area contributed by atoms with Gasteiger partial charge in [-0.05, 0) is 48.4 Å². The Balaban J connectivity index is 2.04. The predicted molar refractivity (Wildman–Crippen MR) is 112 cm³/mol. The van der Waals surface area contributed by atoms with Crippen LogP contribution in [-0.4, -0.2) is 41.2 Å². The molecule has 6 nitrogen and oxygen atoms in total. The number of hydrogen-bond donors (Lipinski definition) is 1. The van der Waals surface area contributed by atoms with Crippen molar-refractivity contribution < 1.29 is 13.2 Å². The summed E-state index contributed by atoms with van der Waals surface area (Å²) in [4.78, 5) is 14.2. The first-order valence-electron chi connectivity index (χ1n) is 8.84. The fraction of sp³-hybridized carbons (Fsp3) is 0.350. The fourth-order valence-corrected chi connectivity index (χ4v) is 3.58. The molecular weight excluding hydrogens is 362 g/mol. The molecule has 0 saturated heterocycles. The average Bonchev–Trinajstić information content (AvgIpc) is 2.61. The molecule has 2 aromatic rings. The molecule has 0 aliphatic heterocycles. The number of benzene rings is 2. The van der Waals surface area contributed by atoms with Crippen LogP contribution in [0.15, 0.2) is 48.5 Å². The van der Waals surface area contributed by atoms with Gasteiger partial charge in [0, 0.05) is 38.4 Å². The predicted octanol–water partition coefficient (Wildman–Crippen LogP) is 3.11. The van der Waals surface area contributed by atoms with Gasteiger partial charge in [0.25, 0.3) is 0 Å². The van der Waals surface area contributed by atoms with E-state index in [0.717, 1.165) is 18.4 Å². The van der Waals surface area contributed by atoms with E-state index >= 15 is 0 Å². The Kier molecular flexibility index (Phi) is 6.85. The minimum absolute atomic E-state index is 0.0675. The summed E-state index contributed by atoms with van der Waals surface area (Å²) in [5, 5.41) is 2.81. The largest absolute Gasteiger partial charge is 0.378 e. The van der Waals surface area contributed by atoms with Crippen molar-refractivity contribution in [2.24, 2.45) is 0 Å². The lowest BCUT2D eigenvalue weighted by Gasteiger charge is -2.23. The molecule has 0 radical (unpaired) electrons. The van der Waals surface area contributed by atoms with Crippen LogP contribution < -0.4 is 14.5 Å². The molecule has 0 bridgehead atoms. The first kappa shape index (κ1) is 20.8. The van der Waals surface area contributed by atoms with Crippen LogP contribution in [0, 0.1) is 0 Å². The van der Waals surface area contributed by atoms with E-state index in [4.69, 9.17) is 0 Å². The first-order valence-corrected chi connectivity index (χ1v) is 10.7. The van der Waals surface area contributed by atoms with Crippen molar-refractivity contribution in [3.8, 4) is 0 Å². The molecule has 0 atom stereocenters. The highest BCUT2D eigenvalue weighted by molar-refractivity contribution is 7.92. The summed E-state index contributed by atoms with van der Waals surface area (Å²) in [5.41, 5.74) is 3.42. The summed E-state index contributed by atoms with van der Waals surface area (Å²) in [6.45, 7) is 2.15. The SMILES string of the molecule is CCc1ccc(NC(=O)CCN(c2ccc(N(C)C)cc2)S(C)(=O)=O)cc1. The number of rotatable bonds is 8. The van der Waals surface area contributed by atoms with E-state index in [-0.39, 0.29) is 18.9 Å². The third-order valence-electron chi connectivity index (χ3n) is 4.24. The third kappa shape index (κ3) is 5.99. The van der Waals surface area contributed by atoms with Crippen LogP contribution >= 0.6 is 0 Å². The smallest absolute Gasteiger partial charge is 0.232 e. The Labute approximate surface area is 161 Å².